The van der Waals surface area contributed by atoms with Gasteiger partial charge in [0.05, 0.1) is 7.11 Å². The van der Waals surface area contributed by atoms with Crippen LogP contribution in [0.4, 0.5) is 0 Å². The minimum atomic E-state index is -0.913. The molecule has 0 bridgehead atoms. The minimum Gasteiger partial charge on any atom is -0.496 e. The third kappa shape index (κ3) is 2.98. The van der Waals surface area contributed by atoms with Crippen molar-refractivity contribution in [1.82, 2.24) is 10.2 Å². The summed E-state index contributed by atoms with van der Waals surface area (Å²) in [4.78, 5) is 26.2. The molecule has 1 aromatic carbocycles. The van der Waals surface area contributed by atoms with Gasteiger partial charge in [-0.2, -0.15) is 0 Å². The molecule has 0 aliphatic carbocycles. The molecule has 0 unspecified atom stereocenters. The van der Waals surface area contributed by atoms with Gasteiger partial charge in [0, 0.05) is 12.1 Å². The van der Waals surface area contributed by atoms with Crippen molar-refractivity contribution in [2.75, 3.05) is 26.7 Å². The number of carboxylic acids is 1. The maximum Gasteiger partial charge on any atom is 0.326 e. The Morgan fingerprint density at radius 3 is 2.62 bits per heavy atom. The molecule has 3 rings (SSSR count). The number of amides is 1. The first-order chi connectivity index (χ1) is 11.5. The normalized spacial score (nSPS) is 22.6. The third-order valence-electron chi connectivity index (χ3n) is 5.36. The Bertz CT molecular complexity index is 652. The highest BCUT2D eigenvalue weighted by molar-refractivity contribution is 5.97. The summed E-state index contributed by atoms with van der Waals surface area (Å²) in [6, 6.07) is 4.50. The maximum atomic E-state index is 12.9. The number of carbonyl (C=O) groups is 2. The number of nitrogens with one attached hydrogen (secondary N) is 1. The molecule has 2 heterocycles. The first-order valence-corrected chi connectivity index (χ1v) is 8.35. The quantitative estimate of drug-likeness (QED) is 0.880. The fourth-order valence-corrected chi connectivity index (χ4v) is 3.99. The first-order valence-electron chi connectivity index (χ1n) is 8.35. The van der Waals surface area contributed by atoms with Crippen LogP contribution in [0.15, 0.2) is 18.2 Å². The third-order valence-corrected chi connectivity index (χ3v) is 5.36. The van der Waals surface area contributed by atoms with Gasteiger partial charge >= 0.3 is 5.97 Å². The molecule has 2 N–H and O–H groups in total. The van der Waals surface area contributed by atoms with Gasteiger partial charge in [0.15, 0.2) is 0 Å². The number of hydrogen-bond acceptors (Lipinski definition) is 4. The highest BCUT2D eigenvalue weighted by Crippen LogP contribution is 2.42. The summed E-state index contributed by atoms with van der Waals surface area (Å²) in [6.07, 6.45) is 2.38. The molecule has 2 saturated heterocycles. The molecule has 6 heteroatoms. The number of piperidine rings is 1. The van der Waals surface area contributed by atoms with E-state index >= 15 is 0 Å². The number of carbonyl (C=O) groups excluding carboxylic acids is 1. The Morgan fingerprint density at radius 2 is 2.04 bits per heavy atom. The highest BCUT2D eigenvalue weighted by atomic mass is 16.5. The number of aliphatic carboxylic acids is 1. The predicted molar refractivity (Wildman–Crippen MR) is 89.3 cm³/mol. The van der Waals surface area contributed by atoms with Gasteiger partial charge in [-0.1, -0.05) is 0 Å². The van der Waals surface area contributed by atoms with E-state index in [1.54, 1.807) is 30.2 Å². The molecule has 2 aliphatic heterocycles. The van der Waals surface area contributed by atoms with Crippen LogP contribution in [0.25, 0.3) is 0 Å². The maximum absolute atomic E-state index is 12.9. The molecule has 24 heavy (non-hydrogen) atoms. The lowest BCUT2D eigenvalue weighted by Crippen LogP contribution is -2.42. The van der Waals surface area contributed by atoms with Crippen molar-refractivity contribution in [3.63, 3.8) is 0 Å². The van der Waals surface area contributed by atoms with E-state index in [9.17, 15) is 14.7 Å². The zero-order valence-corrected chi connectivity index (χ0v) is 14.2. The number of nitrogens with zero attached hydrogens (tertiary/aromatic N) is 1. The summed E-state index contributed by atoms with van der Waals surface area (Å²) in [5, 5.41) is 12.9. The summed E-state index contributed by atoms with van der Waals surface area (Å²) in [5.74, 6) is -0.398. The van der Waals surface area contributed by atoms with Crippen LogP contribution in [0.3, 0.4) is 0 Å². The van der Waals surface area contributed by atoms with E-state index in [1.165, 1.54) is 0 Å². The molecule has 0 radical (unpaired) electrons. The number of aryl methyl sites for hydroxylation is 1. The molecule has 0 aromatic heterocycles. The van der Waals surface area contributed by atoms with Gasteiger partial charge in [-0.3, -0.25) is 4.79 Å². The molecule has 2 aliphatic rings. The molecular weight excluding hydrogens is 308 g/mol. The van der Waals surface area contributed by atoms with Gasteiger partial charge in [-0.15, -0.1) is 0 Å². The molecular formula is C18H24N2O4. The van der Waals surface area contributed by atoms with Gasteiger partial charge in [0.25, 0.3) is 5.91 Å². The van der Waals surface area contributed by atoms with Crippen LogP contribution in [0.5, 0.6) is 5.75 Å². The molecule has 1 atom stereocenters. The summed E-state index contributed by atoms with van der Waals surface area (Å²) in [6.45, 7) is 4.17. The lowest BCUT2D eigenvalue weighted by Gasteiger charge is -2.33. The fourth-order valence-electron chi connectivity index (χ4n) is 3.99. The van der Waals surface area contributed by atoms with E-state index in [0.29, 0.717) is 18.5 Å². The standard InChI is InChI=1S/C18H24N2O4/c1-12-9-13(3-4-15(12)24-2)16(21)20-11-18(5-7-19-8-6-18)10-14(20)17(22)23/h3-4,9,14,19H,5-8,10-11H2,1-2H3,(H,22,23)/t14-/m0/s1. The molecule has 2 fully saturated rings. The molecule has 1 spiro atoms. The smallest absolute Gasteiger partial charge is 0.326 e. The molecule has 0 saturated carbocycles. The Hall–Kier alpha value is -2.08. The zero-order valence-electron chi connectivity index (χ0n) is 14.2. The molecule has 130 valence electrons. The second kappa shape index (κ2) is 6.43. The summed E-state index contributed by atoms with van der Waals surface area (Å²) < 4.78 is 5.23. The largest absolute Gasteiger partial charge is 0.496 e. The Labute approximate surface area is 141 Å². The number of hydrogen-bond donors (Lipinski definition) is 2. The monoisotopic (exact) mass is 332 g/mol. The van der Waals surface area contributed by atoms with E-state index in [2.05, 4.69) is 5.32 Å². The van der Waals surface area contributed by atoms with Gasteiger partial charge in [0.2, 0.25) is 0 Å². The lowest BCUT2D eigenvalue weighted by molar-refractivity contribution is -0.141. The van der Waals surface area contributed by atoms with Crippen molar-refractivity contribution < 1.29 is 19.4 Å². The second-order valence-electron chi connectivity index (χ2n) is 6.93. The summed E-state index contributed by atoms with van der Waals surface area (Å²) in [5.41, 5.74) is 1.32. The van der Waals surface area contributed by atoms with E-state index in [-0.39, 0.29) is 11.3 Å². The highest BCUT2D eigenvalue weighted by Gasteiger charge is 2.49. The van der Waals surface area contributed by atoms with Crippen molar-refractivity contribution in [1.29, 1.82) is 0 Å². The van der Waals surface area contributed by atoms with Crippen molar-refractivity contribution >= 4 is 11.9 Å². The lowest BCUT2D eigenvalue weighted by atomic mass is 9.77. The van der Waals surface area contributed by atoms with E-state index in [0.717, 1.165) is 37.2 Å². The van der Waals surface area contributed by atoms with Crippen molar-refractivity contribution in [3.8, 4) is 5.75 Å². The van der Waals surface area contributed by atoms with E-state index < -0.39 is 12.0 Å². The van der Waals surface area contributed by atoms with Crippen LogP contribution in [0.2, 0.25) is 0 Å². The van der Waals surface area contributed by atoms with Crippen LogP contribution >= 0.6 is 0 Å². The first kappa shape index (κ1) is 16.8. The summed E-state index contributed by atoms with van der Waals surface area (Å²) >= 11 is 0. The van der Waals surface area contributed by atoms with Crippen LogP contribution in [0, 0.1) is 12.3 Å². The number of carboxylic acid groups (broad SMARTS) is 1. The molecule has 6 nitrogen and oxygen atoms in total. The van der Waals surface area contributed by atoms with Crippen molar-refractivity contribution in [2.24, 2.45) is 5.41 Å². The number of likely N-dealkylation sites (tertiary alicyclic amines) is 1. The van der Waals surface area contributed by atoms with E-state index in [4.69, 9.17) is 4.74 Å². The van der Waals surface area contributed by atoms with Crippen LogP contribution in [0.1, 0.15) is 35.2 Å². The Kier molecular flexibility index (Phi) is 4.49. The fraction of sp³-hybridized carbons (Fsp3) is 0.556. The average molecular weight is 332 g/mol. The molecule has 1 aromatic rings. The SMILES string of the molecule is COc1ccc(C(=O)N2CC3(CCNCC3)C[C@H]2C(=O)O)cc1C. The Morgan fingerprint density at radius 1 is 1.33 bits per heavy atom. The van der Waals surface area contributed by atoms with Crippen LogP contribution in [-0.4, -0.2) is 54.7 Å². The van der Waals surface area contributed by atoms with Crippen LogP contribution < -0.4 is 10.1 Å². The average Bonchev–Trinajstić information content (AvgIpc) is 2.94. The summed E-state index contributed by atoms with van der Waals surface area (Å²) in [7, 11) is 1.59. The number of methoxy groups -OCH3 is 1. The van der Waals surface area contributed by atoms with Gasteiger partial charge < -0.3 is 20.1 Å². The van der Waals surface area contributed by atoms with Crippen molar-refractivity contribution in [3.05, 3.63) is 29.3 Å². The number of rotatable bonds is 3. The van der Waals surface area contributed by atoms with E-state index in [1.807, 2.05) is 6.92 Å². The van der Waals surface area contributed by atoms with Gasteiger partial charge in [-0.25, -0.2) is 4.79 Å². The number of benzene rings is 1. The Balaban J connectivity index is 1.86. The van der Waals surface area contributed by atoms with Crippen LogP contribution in [-0.2, 0) is 4.79 Å². The predicted octanol–water partition coefficient (Wildman–Crippen LogP) is 1.67. The second-order valence-corrected chi connectivity index (χ2v) is 6.93. The minimum absolute atomic E-state index is 0.0640. The van der Waals surface area contributed by atoms with Gasteiger partial charge in [-0.05, 0) is 68.5 Å². The zero-order chi connectivity index (χ0) is 17.3. The topological polar surface area (TPSA) is 78.9 Å². The van der Waals surface area contributed by atoms with Crippen molar-refractivity contribution in [2.45, 2.75) is 32.2 Å². The van der Waals surface area contributed by atoms with Gasteiger partial charge in [0.1, 0.15) is 11.8 Å². The molecule has 1 amide bonds. The number of ether oxygens (including phenoxy) is 1.